The van der Waals surface area contributed by atoms with E-state index in [1.165, 1.54) is 6.08 Å². The molecule has 54 valence electrons. The largest absolute Gasteiger partial charge is 0.234 e. The van der Waals surface area contributed by atoms with Crippen LogP contribution in [0.25, 0.3) is 0 Å². The van der Waals surface area contributed by atoms with Crippen molar-refractivity contribution in [2.24, 2.45) is 4.99 Å². The maximum absolute atomic E-state index is 9.58. The van der Waals surface area contributed by atoms with Gasteiger partial charge in [-0.3, -0.25) is 0 Å². The summed E-state index contributed by atoms with van der Waals surface area (Å²) in [5, 5.41) is 0. The van der Waals surface area contributed by atoms with Gasteiger partial charge in [0.05, 0.1) is 6.54 Å². The zero-order valence-electron chi connectivity index (χ0n) is 5.97. The fourth-order valence-corrected chi connectivity index (χ4v) is 0.533. The third-order valence-electron chi connectivity index (χ3n) is 1.12. The molecule has 0 saturated heterocycles. The van der Waals surface area contributed by atoms with Gasteiger partial charge in [-0.1, -0.05) is 24.8 Å². The summed E-state index contributed by atoms with van der Waals surface area (Å²) in [6.45, 7) is 7.80. The molecule has 0 atom stereocenters. The smallest absolute Gasteiger partial charge is 0.211 e. The molecule has 0 rings (SSSR count). The van der Waals surface area contributed by atoms with Gasteiger partial charge in [-0.25, -0.2) is 9.79 Å². The monoisotopic (exact) mass is 137 g/mol. The molecule has 0 aromatic rings. The van der Waals surface area contributed by atoms with E-state index < -0.39 is 0 Å². The highest BCUT2D eigenvalue weighted by atomic mass is 16.1. The van der Waals surface area contributed by atoms with Crippen molar-refractivity contribution >= 4 is 6.08 Å². The lowest BCUT2D eigenvalue weighted by atomic mass is 10.2. The first-order valence-electron chi connectivity index (χ1n) is 3.15. The van der Waals surface area contributed by atoms with Crippen LogP contribution in [0, 0.1) is 0 Å². The molecule has 0 N–H and O–H groups in total. The first-order chi connectivity index (χ1) is 4.81. The minimum absolute atomic E-state index is 0.538. The minimum atomic E-state index is 0.538. The number of nitrogens with zero attached hydrogens (tertiary/aromatic N) is 1. The molecule has 0 bridgehead atoms. The second-order valence-corrected chi connectivity index (χ2v) is 1.94. The van der Waals surface area contributed by atoms with Crippen LogP contribution in [0.3, 0.4) is 0 Å². The number of isocyanates is 1. The van der Waals surface area contributed by atoms with Gasteiger partial charge in [0.1, 0.15) is 0 Å². The quantitative estimate of drug-likeness (QED) is 0.246. The molecule has 0 fully saturated rings. The Morgan fingerprint density at radius 1 is 1.70 bits per heavy atom. The van der Waals surface area contributed by atoms with Gasteiger partial charge in [0.25, 0.3) is 0 Å². The van der Waals surface area contributed by atoms with Crippen LogP contribution in [0.4, 0.5) is 0 Å². The van der Waals surface area contributed by atoms with Gasteiger partial charge in [-0.05, 0) is 12.8 Å². The predicted octanol–water partition coefficient (Wildman–Crippen LogP) is 1.84. The highest BCUT2D eigenvalue weighted by molar-refractivity contribution is 5.32. The summed E-state index contributed by atoms with van der Waals surface area (Å²) in [5.74, 6) is 0. The van der Waals surface area contributed by atoms with Gasteiger partial charge in [0, 0.05) is 0 Å². The zero-order chi connectivity index (χ0) is 7.82. The molecule has 0 saturated carbocycles. The number of allylic oxidation sites excluding steroid dienone is 2. The maximum atomic E-state index is 9.58. The molecule has 0 aliphatic rings. The van der Waals surface area contributed by atoms with E-state index in [0.29, 0.717) is 6.54 Å². The van der Waals surface area contributed by atoms with E-state index >= 15 is 0 Å². The molecule has 0 aromatic heterocycles. The van der Waals surface area contributed by atoms with Gasteiger partial charge >= 0.3 is 0 Å². The molecular formula is C8H11NO. The minimum Gasteiger partial charge on any atom is -0.211 e. The van der Waals surface area contributed by atoms with Crippen molar-refractivity contribution in [1.82, 2.24) is 0 Å². The fraction of sp³-hybridized carbons (Fsp3) is 0.375. The summed E-state index contributed by atoms with van der Waals surface area (Å²) in [6, 6.07) is 0. The molecule has 0 aliphatic heterocycles. The third kappa shape index (κ3) is 5.01. The van der Waals surface area contributed by atoms with Crippen LogP contribution >= 0.6 is 0 Å². The third-order valence-corrected chi connectivity index (χ3v) is 1.12. The number of carbonyl (C=O) groups excluding carboxylic acids is 1. The van der Waals surface area contributed by atoms with Crippen LogP contribution in [0.1, 0.15) is 12.8 Å². The van der Waals surface area contributed by atoms with Crippen molar-refractivity contribution in [3.05, 3.63) is 24.8 Å². The van der Waals surface area contributed by atoms with Crippen LogP contribution in [0.2, 0.25) is 0 Å². The normalized spacial score (nSPS) is 8.00. The summed E-state index contributed by atoms with van der Waals surface area (Å²) >= 11 is 0. The average molecular weight is 137 g/mol. The standard InChI is InChI=1S/C8H11NO/c1-3-8(2)5-4-6-9-7-10/h3H,1-2,4-6H2. The van der Waals surface area contributed by atoms with Crippen LogP contribution < -0.4 is 0 Å². The summed E-state index contributed by atoms with van der Waals surface area (Å²) in [4.78, 5) is 13.0. The Balaban J connectivity index is 3.27. The number of hydrogen-bond donors (Lipinski definition) is 0. The van der Waals surface area contributed by atoms with Crippen molar-refractivity contribution in [3.8, 4) is 0 Å². The van der Waals surface area contributed by atoms with E-state index in [0.717, 1.165) is 18.4 Å². The van der Waals surface area contributed by atoms with Gasteiger partial charge in [-0.2, -0.15) is 0 Å². The SMILES string of the molecule is C=CC(=C)CCCN=C=O. The van der Waals surface area contributed by atoms with Crippen LogP contribution in [0.5, 0.6) is 0 Å². The molecule has 0 spiro atoms. The highest BCUT2D eigenvalue weighted by Crippen LogP contribution is 2.01. The highest BCUT2D eigenvalue weighted by Gasteiger charge is 1.86. The van der Waals surface area contributed by atoms with E-state index in [1.54, 1.807) is 6.08 Å². The Kier molecular flexibility index (Phi) is 5.30. The zero-order valence-corrected chi connectivity index (χ0v) is 5.97. The van der Waals surface area contributed by atoms with Gasteiger partial charge in [0.2, 0.25) is 6.08 Å². The molecule has 0 unspecified atom stereocenters. The Morgan fingerprint density at radius 2 is 2.40 bits per heavy atom. The van der Waals surface area contributed by atoms with Gasteiger partial charge < -0.3 is 0 Å². The molecule has 0 heterocycles. The first-order valence-corrected chi connectivity index (χ1v) is 3.15. The van der Waals surface area contributed by atoms with Crippen LogP contribution in [-0.4, -0.2) is 12.6 Å². The van der Waals surface area contributed by atoms with Crippen molar-refractivity contribution < 1.29 is 4.79 Å². The Morgan fingerprint density at radius 3 is 2.90 bits per heavy atom. The summed E-state index contributed by atoms with van der Waals surface area (Å²) in [7, 11) is 0. The molecule has 0 aromatic carbocycles. The number of hydrogen-bond acceptors (Lipinski definition) is 2. The number of aliphatic imine (C=N–C) groups is 1. The van der Waals surface area contributed by atoms with Crippen molar-refractivity contribution in [2.45, 2.75) is 12.8 Å². The van der Waals surface area contributed by atoms with E-state index in [1.807, 2.05) is 0 Å². The Bertz CT molecular complexity index is 166. The topological polar surface area (TPSA) is 29.4 Å². The average Bonchev–Trinajstić information content (AvgIpc) is 1.98. The number of rotatable bonds is 5. The molecule has 10 heavy (non-hydrogen) atoms. The molecule has 0 amide bonds. The first kappa shape index (κ1) is 8.86. The lowest BCUT2D eigenvalue weighted by molar-refractivity contribution is 0.562. The van der Waals surface area contributed by atoms with Crippen LogP contribution in [0.15, 0.2) is 29.8 Å². The van der Waals surface area contributed by atoms with Crippen molar-refractivity contribution in [1.29, 1.82) is 0 Å². The summed E-state index contributed by atoms with van der Waals surface area (Å²) < 4.78 is 0. The maximum Gasteiger partial charge on any atom is 0.234 e. The van der Waals surface area contributed by atoms with E-state index in [-0.39, 0.29) is 0 Å². The second kappa shape index (κ2) is 5.99. The lowest BCUT2D eigenvalue weighted by Gasteiger charge is -1.93. The lowest BCUT2D eigenvalue weighted by Crippen LogP contribution is -1.81. The van der Waals surface area contributed by atoms with Crippen molar-refractivity contribution in [3.63, 3.8) is 0 Å². The summed E-state index contributed by atoms with van der Waals surface area (Å²) in [6.07, 6.45) is 4.90. The van der Waals surface area contributed by atoms with E-state index in [2.05, 4.69) is 18.2 Å². The predicted molar refractivity (Wildman–Crippen MR) is 41.6 cm³/mol. The molecule has 2 nitrogen and oxygen atoms in total. The Hall–Kier alpha value is -1.14. The van der Waals surface area contributed by atoms with E-state index in [9.17, 15) is 4.79 Å². The molecular weight excluding hydrogens is 126 g/mol. The molecule has 0 radical (unpaired) electrons. The second-order valence-electron chi connectivity index (χ2n) is 1.94. The summed E-state index contributed by atoms with van der Waals surface area (Å²) in [5.41, 5.74) is 0.987. The molecule has 2 heteroatoms. The van der Waals surface area contributed by atoms with Crippen molar-refractivity contribution in [2.75, 3.05) is 6.54 Å². The van der Waals surface area contributed by atoms with Gasteiger partial charge in [0.15, 0.2) is 0 Å². The van der Waals surface area contributed by atoms with E-state index in [4.69, 9.17) is 0 Å². The molecule has 0 aliphatic carbocycles. The van der Waals surface area contributed by atoms with Gasteiger partial charge in [-0.15, -0.1) is 0 Å². The Labute approximate surface area is 61.0 Å². The van der Waals surface area contributed by atoms with Crippen LogP contribution in [-0.2, 0) is 4.79 Å². The fourth-order valence-electron chi connectivity index (χ4n) is 0.533.